The highest BCUT2D eigenvalue weighted by Crippen LogP contribution is 2.29. The lowest BCUT2D eigenvalue weighted by Gasteiger charge is -2.21. The number of benzene rings is 2. The average Bonchev–Trinajstić information content (AvgIpc) is 2.63. The Hall–Kier alpha value is -1.58. The molecular formula is C19H22ClFIN3O2. The number of aliphatic imine (C=N–C) groups is 1. The lowest BCUT2D eigenvalue weighted by Crippen LogP contribution is -2.37. The van der Waals surface area contributed by atoms with E-state index in [1.807, 2.05) is 31.2 Å². The van der Waals surface area contributed by atoms with Gasteiger partial charge >= 0.3 is 0 Å². The fourth-order valence-electron chi connectivity index (χ4n) is 2.71. The molecule has 0 bridgehead atoms. The zero-order valence-corrected chi connectivity index (χ0v) is 18.0. The molecule has 8 heteroatoms. The zero-order chi connectivity index (χ0) is 18.4. The topological polar surface area (TPSA) is 54.9 Å². The minimum Gasteiger partial charge on any atom is -0.467 e. The molecule has 2 aromatic carbocycles. The van der Waals surface area contributed by atoms with Crippen molar-refractivity contribution >= 4 is 41.5 Å². The van der Waals surface area contributed by atoms with Crippen LogP contribution in [-0.4, -0.2) is 19.3 Å². The lowest BCUT2D eigenvalue weighted by atomic mass is 10.1. The molecule has 3 rings (SSSR count). The Kier molecular flexibility index (Phi) is 8.59. The van der Waals surface area contributed by atoms with Gasteiger partial charge in [-0.2, -0.15) is 0 Å². The van der Waals surface area contributed by atoms with Crippen LogP contribution in [0.1, 0.15) is 23.6 Å². The summed E-state index contributed by atoms with van der Waals surface area (Å²) in [5.74, 6) is 1.00. The standard InChI is InChI=1S/C19H21ClFN3O2.HI/c1-2-22-19(23-9-13-4-3-5-16(20)6-13)24-10-14-7-17(21)8-15-11-25-12-26-18(14)15;/h3-8H,2,9-12H2,1H3,(H2,22,23,24);1H. The SMILES string of the molecule is CCNC(=NCc1cccc(Cl)c1)NCc1cc(F)cc2c1OCOC2.I. The summed E-state index contributed by atoms with van der Waals surface area (Å²) in [6, 6.07) is 10.5. The summed E-state index contributed by atoms with van der Waals surface area (Å²) in [7, 11) is 0. The van der Waals surface area contributed by atoms with E-state index < -0.39 is 0 Å². The maximum atomic E-state index is 13.8. The van der Waals surface area contributed by atoms with E-state index in [0.717, 1.165) is 11.1 Å². The molecule has 1 aliphatic heterocycles. The fourth-order valence-corrected chi connectivity index (χ4v) is 2.93. The number of guanidine groups is 1. The number of halogens is 3. The third-order valence-electron chi connectivity index (χ3n) is 3.85. The van der Waals surface area contributed by atoms with Crippen LogP contribution in [0.4, 0.5) is 4.39 Å². The largest absolute Gasteiger partial charge is 0.467 e. The normalized spacial score (nSPS) is 13.2. The zero-order valence-electron chi connectivity index (χ0n) is 14.9. The van der Waals surface area contributed by atoms with Gasteiger partial charge in [-0.1, -0.05) is 23.7 Å². The Balaban J connectivity index is 0.00000261. The van der Waals surface area contributed by atoms with Crippen LogP contribution in [0.2, 0.25) is 5.02 Å². The van der Waals surface area contributed by atoms with Crippen LogP contribution in [0, 0.1) is 5.82 Å². The molecule has 0 spiro atoms. The molecule has 146 valence electrons. The molecule has 0 saturated heterocycles. The Morgan fingerprint density at radius 1 is 1.26 bits per heavy atom. The molecule has 2 N–H and O–H groups in total. The van der Waals surface area contributed by atoms with Gasteiger partial charge in [-0.15, -0.1) is 24.0 Å². The second kappa shape index (κ2) is 10.7. The van der Waals surface area contributed by atoms with E-state index in [0.29, 0.717) is 48.5 Å². The van der Waals surface area contributed by atoms with Crippen LogP contribution in [0.3, 0.4) is 0 Å². The van der Waals surface area contributed by atoms with Gasteiger partial charge in [0.1, 0.15) is 11.6 Å². The van der Waals surface area contributed by atoms with Crippen molar-refractivity contribution in [3.05, 3.63) is 63.9 Å². The first-order chi connectivity index (χ1) is 12.7. The van der Waals surface area contributed by atoms with Crippen molar-refractivity contribution in [1.29, 1.82) is 0 Å². The van der Waals surface area contributed by atoms with E-state index in [9.17, 15) is 4.39 Å². The Bertz CT molecular complexity index is 805. The van der Waals surface area contributed by atoms with Crippen LogP contribution in [0.25, 0.3) is 0 Å². The number of ether oxygens (including phenoxy) is 2. The molecule has 27 heavy (non-hydrogen) atoms. The van der Waals surface area contributed by atoms with E-state index in [1.165, 1.54) is 12.1 Å². The maximum Gasteiger partial charge on any atom is 0.191 e. The van der Waals surface area contributed by atoms with Crippen molar-refractivity contribution in [3.8, 4) is 5.75 Å². The summed E-state index contributed by atoms with van der Waals surface area (Å²) in [6.07, 6.45) is 0. The summed E-state index contributed by atoms with van der Waals surface area (Å²) in [5.41, 5.74) is 2.46. The van der Waals surface area contributed by atoms with E-state index >= 15 is 0 Å². The molecule has 0 unspecified atom stereocenters. The molecule has 0 aromatic heterocycles. The van der Waals surface area contributed by atoms with Gasteiger partial charge in [-0.3, -0.25) is 0 Å². The number of hydrogen-bond acceptors (Lipinski definition) is 3. The third kappa shape index (κ3) is 6.22. The summed E-state index contributed by atoms with van der Waals surface area (Å²) in [4.78, 5) is 4.55. The average molecular weight is 506 g/mol. The first-order valence-corrected chi connectivity index (χ1v) is 8.82. The summed E-state index contributed by atoms with van der Waals surface area (Å²) in [6.45, 7) is 4.11. The molecule has 0 amide bonds. The number of rotatable bonds is 5. The van der Waals surface area contributed by atoms with Crippen molar-refractivity contribution < 1.29 is 13.9 Å². The number of nitrogens with one attached hydrogen (secondary N) is 2. The van der Waals surface area contributed by atoms with E-state index in [4.69, 9.17) is 21.1 Å². The van der Waals surface area contributed by atoms with Crippen molar-refractivity contribution in [2.45, 2.75) is 26.6 Å². The molecule has 1 aliphatic rings. The van der Waals surface area contributed by atoms with Gasteiger partial charge < -0.3 is 20.1 Å². The Morgan fingerprint density at radius 3 is 2.89 bits per heavy atom. The molecule has 0 fully saturated rings. The minimum absolute atomic E-state index is 0. The van der Waals surface area contributed by atoms with E-state index in [-0.39, 0.29) is 36.6 Å². The second-order valence-electron chi connectivity index (χ2n) is 5.84. The highest BCUT2D eigenvalue weighted by Gasteiger charge is 2.17. The van der Waals surface area contributed by atoms with Crippen LogP contribution in [0.15, 0.2) is 41.4 Å². The molecule has 0 aliphatic carbocycles. The quantitative estimate of drug-likeness (QED) is 0.363. The van der Waals surface area contributed by atoms with Gasteiger partial charge in [0.2, 0.25) is 0 Å². The van der Waals surface area contributed by atoms with Crippen LogP contribution >= 0.6 is 35.6 Å². The molecule has 2 aromatic rings. The molecule has 0 atom stereocenters. The van der Waals surface area contributed by atoms with Crippen molar-refractivity contribution in [2.75, 3.05) is 13.3 Å². The second-order valence-corrected chi connectivity index (χ2v) is 6.28. The van der Waals surface area contributed by atoms with E-state index in [1.54, 1.807) is 0 Å². The fraction of sp³-hybridized carbons (Fsp3) is 0.316. The minimum atomic E-state index is -0.310. The van der Waals surface area contributed by atoms with Gasteiger partial charge in [0, 0.05) is 29.2 Å². The number of fused-ring (bicyclic) bond motifs is 1. The van der Waals surface area contributed by atoms with Gasteiger partial charge in [0.05, 0.1) is 13.2 Å². The van der Waals surface area contributed by atoms with Crippen molar-refractivity contribution in [1.82, 2.24) is 10.6 Å². The van der Waals surface area contributed by atoms with Crippen LogP contribution < -0.4 is 15.4 Å². The molecule has 0 saturated carbocycles. The predicted octanol–water partition coefficient (Wildman–Crippen LogP) is 4.22. The first-order valence-electron chi connectivity index (χ1n) is 8.44. The van der Waals surface area contributed by atoms with Gasteiger partial charge in [0.25, 0.3) is 0 Å². The van der Waals surface area contributed by atoms with Gasteiger partial charge in [0.15, 0.2) is 12.8 Å². The molecule has 5 nitrogen and oxygen atoms in total. The number of hydrogen-bond donors (Lipinski definition) is 2. The Labute approximate surface area is 180 Å². The maximum absolute atomic E-state index is 13.8. The van der Waals surface area contributed by atoms with Gasteiger partial charge in [-0.05, 0) is 36.8 Å². The third-order valence-corrected chi connectivity index (χ3v) is 4.09. The van der Waals surface area contributed by atoms with Gasteiger partial charge in [-0.25, -0.2) is 9.38 Å². The Morgan fingerprint density at radius 2 is 2.11 bits per heavy atom. The molecule has 0 radical (unpaired) electrons. The summed E-state index contributed by atoms with van der Waals surface area (Å²) >= 11 is 6.01. The van der Waals surface area contributed by atoms with Crippen molar-refractivity contribution in [2.24, 2.45) is 4.99 Å². The van der Waals surface area contributed by atoms with Crippen LogP contribution in [-0.2, 0) is 24.4 Å². The van der Waals surface area contributed by atoms with Crippen molar-refractivity contribution in [3.63, 3.8) is 0 Å². The monoisotopic (exact) mass is 505 g/mol. The van der Waals surface area contributed by atoms with Crippen LogP contribution in [0.5, 0.6) is 5.75 Å². The molecule has 1 heterocycles. The number of nitrogens with zero attached hydrogens (tertiary/aromatic N) is 1. The highest BCUT2D eigenvalue weighted by atomic mass is 127. The first kappa shape index (κ1) is 21.7. The smallest absolute Gasteiger partial charge is 0.191 e. The summed E-state index contributed by atoms with van der Waals surface area (Å²) < 4.78 is 24.6. The summed E-state index contributed by atoms with van der Waals surface area (Å²) in [5, 5.41) is 7.08. The lowest BCUT2D eigenvalue weighted by molar-refractivity contribution is -0.0172. The van der Waals surface area contributed by atoms with E-state index in [2.05, 4.69) is 15.6 Å². The predicted molar refractivity (Wildman–Crippen MR) is 115 cm³/mol. The highest BCUT2D eigenvalue weighted by molar-refractivity contribution is 14.0. The molecular weight excluding hydrogens is 484 g/mol.